The zero-order valence-electron chi connectivity index (χ0n) is 16.5. The Kier molecular flexibility index (Phi) is 6.10. The Morgan fingerprint density at radius 1 is 0.741 bits per heavy atom. The molecule has 140 valence electrons. The van der Waals surface area contributed by atoms with Crippen molar-refractivity contribution in [1.29, 1.82) is 0 Å². The summed E-state index contributed by atoms with van der Waals surface area (Å²) >= 11 is 2.35. The predicted molar refractivity (Wildman–Crippen MR) is 121 cm³/mol. The molecule has 0 fully saturated rings. The molecule has 3 heteroatoms. The Labute approximate surface area is 175 Å². The number of aryl methyl sites for hydroxylation is 3. The molecule has 0 atom stereocenters. The van der Waals surface area contributed by atoms with Gasteiger partial charge in [-0.3, -0.25) is 0 Å². The summed E-state index contributed by atoms with van der Waals surface area (Å²) in [7, 11) is 3.43. The van der Waals surface area contributed by atoms with E-state index in [1.807, 2.05) is 12.1 Å². The molecule has 2 nitrogen and oxygen atoms in total. The van der Waals surface area contributed by atoms with Crippen LogP contribution in [0.5, 0.6) is 11.5 Å². The van der Waals surface area contributed by atoms with Gasteiger partial charge in [-0.05, 0) is 95.3 Å². The van der Waals surface area contributed by atoms with Crippen LogP contribution < -0.4 is 9.47 Å². The topological polar surface area (TPSA) is 18.5 Å². The Hall–Kier alpha value is -2.01. The lowest BCUT2D eigenvalue weighted by atomic mass is 9.90. The highest BCUT2D eigenvalue weighted by Crippen LogP contribution is 2.42. The fraction of sp³-hybridized carbons (Fsp3) is 0.250. The van der Waals surface area contributed by atoms with Crippen LogP contribution in [0.2, 0.25) is 0 Å². The fourth-order valence-corrected chi connectivity index (χ4v) is 4.61. The summed E-state index contributed by atoms with van der Waals surface area (Å²) in [6.07, 6.45) is 0.945. The molecule has 0 bridgehead atoms. The van der Waals surface area contributed by atoms with Crippen molar-refractivity contribution in [2.75, 3.05) is 14.2 Å². The second kappa shape index (κ2) is 8.34. The van der Waals surface area contributed by atoms with Crippen molar-refractivity contribution in [2.24, 2.45) is 0 Å². The molecule has 0 N–H and O–H groups in total. The van der Waals surface area contributed by atoms with Gasteiger partial charge < -0.3 is 9.47 Å². The van der Waals surface area contributed by atoms with Crippen LogP contribution >= 0.6 is 22.6 Å². The van der Waals surface area contributed by atoms with Gasteiger partial charge in [0.25, 0.3) is 0 Å². The van der Waals surface area contributed by atoms with Gasteiger partial charge in [-0.15, -0.1) is 0 Å². The first kappa shape index (κ1) is 19.7. The first-order valence-electron chi connectivity index (χ1n) is 9.01. The molecule has 27 heavy (non-hydrogen) atoms. The van der Waals surface area contributed by atoms with Gasteiger partial charge in [-0.1, -0.05) is 36.4 Å². The Morgan fingerprint density at radius 3 is 1.93 bits per heavy atom. The molecule has 0 spiro atoms. The predicted octanol–water partition coefficient (Wildman–Crippen LogP) is 6.49. The largest absolute Gasteiger partial charge is 0.496 e. The van der Waals surface area contributed by atoms with E-state index < -0.39 is 0 Å². The zero-order valence-corrected chi connectivity index (χ0v) is 18.7. The standard InChI is InChI=1S/C24H25IO2/c1-15-8-6-7-9-19(15)14-18-12-16(2)22(17(3)13-18)23-20(26-4)10-11-21(27-5)24(23)25/h6-13H,14H2,1-5H3. The molecular weight excluding hydrogens is 447 g/mol. The molecule has 0 aromatic heterocycles. The molecule has 3 rings (SSSR count). The maximum Gasteiger partial charge on any atom is 0.133 e. The Morgan fingerprint density at radius 2 is 1.33 bits per heavy atom. The molecule has 0 saturated carbocycles. The van der Waals surface area contributed by atoms with Crippen LogP contribution in [-0.2, 0) is 6.42 Å². The average molecular weight is 472 g/mol. The van der Waals surface area contributed by atoms with Crippen LogP contribution in [0.15, 0.2) is 48.5 Å². The molecule has 0 radical (unpaired) electrons. The summed E-state index contributed by atoms with van der Waals surface area (Å²) in [5.41, 5.74) is 8.88. The molecule has 0 aliphatic carbocycles. The van der Waals surface area contributed by atoms with E-state index in [1.165, 1.54) is 33.4 Å². The van der Waals surface area contributed by atoms with Crippen LogP contribution in [0.4, 0.5) is 0 Å². The quantitative estimate of drug-likeness (QED) is 0.395. The number of hydrogen-bond donors (Lipinski definition) is 0. The molecule has 3 aromatic carbocycles. The van der Waals surface area contributed by atoms with Crippen molar-refractivity contribution in [1.82, 2.24) is 0 Å². The third-order valence-corrected chi connectivity index (χ3v) is 6.08. The molecule has 0 aliphatic rings. The Bertz CT molecular complexity index is 953. The van der Waals surface area contributed by atoms with E-state index in [0.29, 0.717) is 0 Å². The van der Waals surface area contributed by atoms with Crippen molar-refractivity contribution in [3.05, 3.63) is 79.9 Å². The first-order chi connectivity index (χ1) is 13.0. The van der Waals surface area contributed by atoms with Gasteiger partial charge in [0, 0.05) is 5.56 Å². The normalized spacial score (nSPS) is 10.7. The van der Waals surface area contributed by atoms with E-state index >= 15 is 0 Å². The second-order valence-corrected chi connectivity index (χ2v) is 7.95. The highest BCUT2D eigenvalue weighted by Gasteiger charge is 2.19. The number of ether oxygens (including phenoxy) is 2. The summed E-state index contributed by atoms with van der Waals surface area (Å²) < 4.78 is 12.3. The molecular formula is C24H25IO2. The van der Waals surface area contributed by atoms with Crippen molar-refractivity contribution >= 4 is 22.6 Å². The van der Waals surface area contributed by atoms with Crippen molar-refractivity contribution in [3.63, 3.8) is 0 Å². The van der Waals surface area contributed by atoms with E-state index in [2.05, 4.69) is 79.8 Å². The summed E-state index contributed by atoms with van der Waals surface area (Å²) in [6.45, 7) is 6.53. The van der Waals surface area contributed by atoms with Gasteiger partial charge in [0.2, 0.25) is 0 Å². The maximum atomic E-state index is 5.67. The monoisotopic (exact) mass is 472 g/mol. The zero-order chi connectivity index (χ0) is 19.6. The lowest BCUT2D eigenvalue weighted by Crippen LogP contribution is -2.00. The van der Waals surface area contributed by atoms with Gasteiger partial charge in [0.05, 0.1) is 17.8 Å². The van der Waals surface area contributed by atoms with Crippen LogP contribution in [0, 0.1) is 24.3 Å². The molecule has 3 aromatic rings. The molecule has 0 heterocycles. The lowest BCUT2D eigenvalue weighted by molar-refractivity contribution is 0.402. The van der Waals surface area contributed by atoms with Crippen LogP contribution in [0.3, 0.4) is 0 Å². The number of halogens is 1. The highest BCUT2D eigenvalue weighted by atomic mass is 127. The van der Waals surface area contributed by atoms with E-state index in [4.69, 9.17) is 9.47 Å². The first-order valence-corrected chi connectivity index (χ1v) is 10.1. The summed E-state index contributed by atoms with van der Waals surface area (Å²) in [6, 6.07) is 17.1. The van der Waals surface area contributed by atoms with Crippen LogP contribution in [0.1, 0.15) is 27.8 Å². The minimum absolute atomic E-state index is 0.870. The minimum atomic E-state index is 0.870. The number of methoxy groups -OCH3 is 2. The van der Waals surface area contributed by atoms with Gasteiger partial charge in [0.1, 0.15) is 11.5 Å². The lowest BCUT2D eigenvalue weighted by Gasteiger charge is -2.19. The maximum absolute atomic E-state index is 5.67. The second-order valence-electron chi connectivity index (χ2n) is 6.87. The van der Waals surface area contributed by atoms with Crippen LogP contribution in [0.25, 0.3) is 11.1 Å². The van der Waals surface area contributed by atoms with E-state index in [9.17, 15) is 0 Å². The Balaban J connectivity index is 2.10. The van der Waals surface area contributed by atoms with Crippen molar-refractivity contribution < 1.29 is 9.47 Å². The average Bonchev–Trinajstić information content (AvgIpc) is 2.64. The summed E-state index contributed by atoms with van der Waals surface area (Å²) in [5, 5.41) is 0. The van der Waals surface area contributed by atoms with Gasteiger partial charge in [0.15, 0.2) is 0 Å². The van der Waals surface area contributed by atoms with E-state index in [-0.39, 0.29) is 0 Å². The van der Waals surface area contributed by atoms with E-state index in [1.54, 1.807) is 14.2 Å². The third kappa shape index (κ3) is 3.98. The van der Waals surface area contributed by atoms with Crippen molar-refractivity contribution in [3.8, 4) is 22.6 Å². The smallest absolute Gasteiger partial charge is 0.133 e. The highest BCUT2D eigenvalue weighted by molar-refractivity contribution is 14.1. The van der Waals surface area contributed by atoms with Gasteiger partial charge >= 0.3 is 0 Å². The fourth-order valence-electron chi connectivity index (χ4n) is 3.68. The molecule has 0 unspecified atom stereocenters. The third-order valence-electron chi connectivity index (χ3n) is 5.01. The van der Waals surface area contributed by atoms with Crippen LogP contribution in [-0.4, -0.2) is 14.2 Å². The molecule has 0 aliphatic heterocycles. The van der Waals surface area contributed by atoms with E-state index in [0.717, 1.165) is 27.1 Å². The SMILES string of the molecule is COc1ccc(OC)c(-c2c(C)cc(Cc3ccccc3C)cc2C)c1I. The van der Waals surface area contributed by atoms with Crippen molar-refractivity contribution in [2.45, 2.75) is 27.2 Å². The summed E-state index contributed by atoms with van der Waals surface area (Å²) in [4.78, 5) is 0. The summed E-state index contributed by atoms with van der Waals surface area (Å²) in [5.74, 6) is 1.74. The number of benzene rings is 3. The van der Waals surface area contributed by atoms with Gasteiger partial charge in [-0.25, -0.2) is 0 Å². The number of rotatable bonds is 5. The minimum Gasteiger partial charge on any atom is -0.496 e. The number of hydrogen-bond acceptors (Lipinski definition) is 2. The van der Waals surface area contributed by atoms with Gasteiger partial charge in [-0.2, -0.15) is 0 Å². The molecule has 0 amide bonds. The molecule has 0 saturated heterocycles.